The summed E-state index contributed by atoms with van der Waals surface area (Å²) in [5, 5.41) is 5.38. The predicted molar refractivity (Wildman–Crippen MR) is 114 cm³/mol. The average molecular weight is 406 g/mol. The maximum Gasteiger partial charge on any atom is 0.289 e. The first-order valence-corrected chi connectivity index (χ1v) is 10.1. The highest BCUT2D eigenvalue weighted by Gasteiger charge is 2.27. The standard InChI is InChI=1S/C24H26N2O4/c27-22(24(29)25-16-18-10-4-3-5-11-18)21-14-6-1-2-9-15-30-17-19-12-7-8-13-20(19)23(28)26-21/h1,3-8,10-13,21H,2,9,14-17H2,(H,25,29)(H,26,28)/t21-/m0/s1. The van der Waals surface area contributed by atoms with Crippen LogP contribution in [0.15, 0.2) is 66.7 Å². The van der Waals surface area contributed by atoms with Crippen LogP contribution in [0.2, 0.25) is 0 Å². The molecule has 6 nitrogen and oxygen atoms in total. The molecule has 2 aromatic rings. The van der Waals surface area contributed by atoms with Crippen LogP contribution in [0, 0.1) is 0 Å². The van der Waals surface area contributed by atoms with E-state index < -0.39 is 23.6 Å². The first kappa shape index (κ1) is 21.5. The number of hydrogen-bond donors (Lipinski definition) is 2. The molecule has 0 saturated heterocycles. The Hall–Kier alpha value is -3.25. The van der Waals surface area contributed by atoms with Gasteiger partial charge in [0.2, 0.25) is 5.78 Å². The Kier molecular flexibility index (Phi) is 7.92. The van der Waals surface area contributed by atoms with Crippen molar-refractivity contribution in [3.05, 3.63) is 83.4 Å². The normalized spacial score (nSPS) is 17.5. The van der Waals surface area contributed by atoms with Gasteiger partial charge in [0.15, 0.2) is 0 Å². The number of hydrogen-bond acceptors (Lipinski definition) is 4. The monoisotopic (exact) mass is 406 g/mol. The van der Waals surface area contributed by atoms with Crippen LogP contribution in [0.3, 0.4) is 0 Å². The summed E-state index contributed by atoms with van der Waals surface area (Å²) in [5.74, 6) is -1.76. The molecule has 3 rings (SSSR count). The van der Waals surface area contributed by atoms with E-state index in [9.17, 15) is 14.4 Å². The van der Waals surface area contributed by atoms with Crippen molar-refractivity contribution in [3.8, 4) is 0 Å². The van der Waals surface area contributed by atoms with Gasteiger partial charge in [0.25, 0.3) is 11.8 Å². The number of carbonyl (C=O) groups is 3. The van der Waals surface area contributed by atoms with Crippen molar-refractivity contribution in [3.63, 3.8) is 0 Å². The van der Waals surface area contributed by atoms with Gasteiger partial charge >= 0.3 is 0 Å². The number of amides is 2. The van der Waals surface area contributed by atoms with E-state index in [1.54, 1.807) is 12.1 Å². The van der Waals surface area contributed by atoms with E-state index in [-0.39, 0.29) is 13.0 Å². The predicted octanol–water partition coefficient (Wildman–Crippen LogP) is 2.93. The molecule has 0 aliphatic carbocycles. The molecule has 1 heterocycles. The third-order valence-electron chi connectivity index (χ3n) is 4.86. The van der Waals surface area contributed by atoms with E-state index in [0.717, 1.165) is 24.0 Å². The topological polar surface area (TPSA) is 84.5 Å². The minimum Gasteiger partial charge on any atom is -0.377 e. The molecule has 0 spiro atoms. The second-order valence-corrected chi connectivity index (χ2v) is 7.12. The lowest BCUT2D eigenvalue weighted by molar-refractivity contribution is -0.139. The smallest absolute Gasteiger partial charge is 0.289 e. The molecule has 0 unspecified atom stereocenters. The highest BCUT2D eigenvalue weighted by molar-refractivity contribution is 6.38. The van der Waals surface area contributed by atoms with E-state index in [0.29, 0.717) is 18.8 Å². The lowest BCUT2D eigenvalue weighted by Crippen LogP contribution is -2.47. The van der Waals surface area contributed by atoms with E-state index >= 15 is 0 Å². The van der Waals surface area contributed by atoms with Gasteiger partial charge in [-0.1, -0.05) is 60.7 Å². The highest BCUT2D eigenvalue weighted by Crippen LogP contribution is 2.13. The van der Waals surface area contributed by atoms with Crippen LogP contribution >= 0.6 is 0 Å². The summed E-state index contributed by atoms with van der Waals surface area (Å²) < 4.78 is 5.66. The van der Waals surface area contributed by atoms with Gasteiger partial charge < -0.3 is 15.4 Å². The summed E-state index contributed by atoms with van der Waals surface area (Å²) in [4.78, 5) is 38.1. The molecule has 0 aromatic heterocycles. The van der Waals surface area contributed by atoms with Crippen LogP contribution in [-0.2, 0) is 27.5 Å². The molecule has 0 saturated carbocycles. The summed E-state index contributed by atoms with van der Waals surface area (Å²) in [7, 11) is 0. The van der Waals surface area contributed by atoms with Crippen molar-refractivity contribution in [2.45, 2.75) is 38.5 Å². The Labute approximate surface area is 176 Å². The molecule has 2 amide bonds. The fraction of sp³-hybridized carbons (Fsp3) is 0.292. The summed E-state index contributed by atoms with van der Waals surface area (Å²) in [6.07, 6.45) is 5.68. The van der Waals surface area contributed by atoms with Crippen molar-refractivity contribution in [2.75, 3.05) is 6.61 Å². The summed E-state index contributed by atoms with van der Waals surface area (Å²) in [5.41, 5.74) is 2.09. The Morgan fingerprint density at radius 2 is 1.80 bits per heavy atom. The molecule has 0 fully saturated rings. The van der Waals surface area contributed by atoms with Crippen molar-refractivity contribution < 1.29 is 19.1 Å². The van der Waals surface area contributed by atoms with Crippen molar-refractivity contribution in [2.24, 2.45) is 0 Å². The molecule has 1 aliphatic heterocycles. The fourth-order valence-corrected chi connectivity index (χ4v) is 3.19. The maximum absolute atomic E-state index is 12.8. The number of Topliss-reactive ketones (excluding diaryl/α,β-unsaturated/α-hetero) is 1. The highest BCUT2D eigenvalue weighted by atomic mass is 16.5. The number of allylic oxidation sites excluding steroid dienone is 1. The van der Waals surface area contributed by atoms with Gasteiger partial charge in [0, 0.05) is 18.7 Å². The van der Waals surface area contributed by atoms with Crippen molar-refractivity contribution >= 4 is 17.6 Å². The number of ether oxygens (including phenoxy) is 1. The summed E-state index contributed by atoms with van der Waals surface area (Å²) in [6.45, 7) is 1.16. The summed E-state index contributed by atoms with van der Waals surface area (Å²) in [6, 6.07) is 15.6. The van der Waals surface area contributed by atoms with Gasteiger partial charge in [-0.05, 0) is 36.5 Å². The van der Waals surface area contributed by atoms with Crippen molar-refractivity contribution in [1.82, 2.24) is 10.6 Å². The van der Waals surface area contributed by atoms with Gasteiger partial charge in [-0.25, -0.2) is 0 Å². The Bertz CT molecular complexity index is 908. The molecular formula is C24H26N2O4. The van der Waals surface area contributed by atoms with Crippen molar-refractivity contribution in [1.29, 1.82) is 0 Å². The molecule has 0 radical (unpaired) electrons. The number of ketones is 1. The number of benzene rings is 2. The van der Waals surface area contributed by atoms with Gasteiger partial charge in [0.1, 0.15) is 6.04 Å². The van der Waals surface area contributed by atoms with Gasteiger partial charge in [-0.2, -0.15) is 0 Å². The molecule has 0 bridgehead atoms. The molecule has 30 heavy (non-hydrogen) atoms. The Morgan fingerprint density at radius 3 is 2.63 bits per heavy atom. The number of fused-ring (bicyclic) bond motifs is 1. The molecular weight excluding hydrogens is 380 g/mol. The van der Waals surface area contributed by atoms with Crippen LogP contribution in [-0.4, -0.2) is 30.2 Å². The first-order chi connectivity index (χ1) is 14.6. The third kappa shape index (κ3) is 6.12. The van der Waals surface area contributed by atoms with Crippen LogP contribution in [0.5, 0.6) is 0 Å². The molecule has 156 valence electrons. The zero-order valence-corrected chi connectivity index (χ0v) is 16.8. The minimum absolute atomic E-state index is 0.252. The van der Waals surface area contributed by atoms with Crippen LogP contribution in [0.25, 0.3) is 0 Å². The van der Waals surface area contributed by atoms with Crippen LogP contribution in [0.1, 0.15) is 40.7 Å². The van der Waals surface area contributed by atoms with Crippen LogP contribution in [0.4, 0.5) is 0 Å². The molecule has 2 aromatic carbocycles. The zero-order valence-electron chi connectivity index (χ0n) is 16.8. The number of nitrogens with one attached hydrogen (secondary N) is 2. The van der Waals surface area contributed by atoms with Gasteiger partial charge in [-0.3, -0.25) is 14.4 Å². The second kappa shape index (κ2) is 11.1. The van der Waals surface area contributed by atoms with Crippen LogP contribution < -0.4 is 10.6 Å². The summed E-state index contributed by atoms with van der Waals surface area (Å²) >= 11 is 0. The minimum atomic E-state index is -0.931. The van der Waals surface area contributed by atoms with E-state index in [1.165, 1.54) is 0 Å². The number of rotatable bonds is 4. The third-order valence-corrected chi connectivity index (χ3v) is 4.86. The maximum atomic E-state index is 12.8. The second-order valence-electron chi connectivity index (χ2n) is 7.12. The lowest BCUT2D eigenvalue weighted by atomic mass is 10.0. The zero-order chi connectivity index (χ0) is 21.2. The van der Waals surface area contributed by atoms with E-state index in [1.807, 2.05) is 54.6 Å². The first-order valence-electron chi connectivity index (χ1n) is 10.1. The quantitative estimate of drug-likeness (QED) is 0.604. The average Bonchev–Trinajstić information content (AvgIpc) is 2.79. The molecule has 1 aliphatic rings. The van der Waals surface area contributed by atoms with E-state index in [4.69, 9.17) is 4.74 Å². The number of carbonyl (C=O) groups excluding carboxylic acids is 3. The van der Waals surface area contributed by atoms with Gasteiger partial charge in [0.05, 0.1) is 6.61 Å². The molecule has 2 N–H and O–H groups in total. The lowest BCUT2D eigenvalue weighted by Gasteiger charge is -2.17. The van der Waals surface area contributed by atoms with Gasteiger partial charge in [-0.15, -0.1) is 0 Å². The fourth-order valence-electron chi connectivity index (χ4n) is 3.19. The SMILES string of the molecule is O=C(NCc1ccccc1)C(=O)[C@@H]1CC=CCCCOCc2ccccc2C(=O)N1. The molecule has 1 atom stereocenters. The Morgan fingerprint density at radius 1 is 1.03 bits per heavy atom. The largest absolute Gasteiger partial charge is 0.377 e. The Balaban J connectivity index is 1.73. The van der Waals surface area contributed by atoms with E-state index in [2.05, 4.69) is 10.6 Å². The molecule has 6 heteroatoms.